The number of amides is 1. The summed E-state index contributed by atoms with van der Waals surface area (Å²) in [5.74, 6) is -0.541. The number of hydrogen-bond donors (Lipinski definition) is 1. The summed E-state index contributed by atoms with van der Waals surface area (Å²) in [4.78, 5) is 29.0. The molecule has 0 saturated heterocycles. The standard InChI is InChI=1S/C23H16F3N3O3/c24-23(25,26)19-9-2-1-8-18(19)22(31)28-15-6-5-7-17(12-15)32-14-16-13-21(30)29-11-4-3-10-20(29)27-16/h1-13H,14H2,(H,28,31). The first kappa shape index (κ1) is 21.1. The first-order valence-electron chi connectivity index (χ1n) is 9.49. The Morgan fingerprint density at radius 2 is 1.78 bits per heavy atom. The highest BCUT2D eigenvalue weighted by molar-refractivity contribution is 6.05. The van der Waals surface area contributed by atoms with E-state index in [2.05, 4.69) is 10.3 Å². The molecule has 1 amide bonds. The highest BCUT2D eigenvalue weighted by Crippen LogP contribution is 2.32. The van der Waals surface area contributed by atoms with Crippen molar-refractivity contribution in [2.45, 2.75) is 12.8 Å². The minimum absolute atomic E-state index is 0.00502. The second kappa shape index (κ2) is 8.54. The summed E-state index contributed by atoms with van der Waals surface area (Å²) < 4.78 is 46.6. The number of rotatable bonds is 5. The number of halogens is 3. The first-order chi connectivity index (χ1) is 15.3. The molecule has 4 aromatic rings. The van der Waals surface area contributed by atoms with Gasteiger partial charge in [0.05, 0.1) is 16.8 Å². The lowest BCUT2D eigenvalue weighted by Gasteiger charge is -2.13. The Kier molecular flexibility index (Phi) is 5.63. The fraction of sp³-hybridized carbons (Fsp3) is 0.0870. The second-order valence-electron chi connectivity index (χ2n) is 6.83. The number of pyridine rings is 1. The number of fused-ring (bicyclic) bond motifs is 1. The van der Waals surface area contributed by atoms with Crippen molar-refractivity contribution in [1.29, 1.82) is 0 Å². The molecule has 2 heterocycles. The number of carbonyl (C=O) groups excluding carboxylic acids is 1. The predicted molar refractivity (Wildman–Crippen MR) is 112 cm³/mol. The van der Waals surface area contributed by atoms with Crippen LogP contribution in [0.3, 0.4) is 0 Å². The van der Waals surface area contributed by atoms with Crippen molar-refractivity contribution in [3.63, 3.8) is 0 Å². The van der Waals surface area contributed by atoms with Gasteiger partial charge in [-0.05, 0) is 36.4 Å². The van der Waals surface area contributed by atoms with Gasteiger partial charge in [-0.25, -0.2) is 4.98 Å². The van der Waals surface area contributed by atoms with E-state index in [0.29, 0.717) is 17.1 Å². The normalized spacial score (nSPS) is 11.3. The van der Waals surface area contributed by atoms with Gasteiger partial charge < -0.3 is 10.1 Å². The number of hydrogen-bond acceptors (Lipinski definition) is 4. The Bertz CT molecular complexity index is 1350. The maximum atomic E-state index is 13.2. The summed E-state index contributed by atoms with van der Waals surface area (Å²) in [7, 11) is 0. The van der Waals surface area contributed by atoms with Gasteiger partial charge >= 0.3 is 6.18 Å². The summed E-state index contributed by atoms with van der Waals surface area (Å²) in [5.41, 5.74) is -0.599. The Balaban J connectivity index is 1.49. The van der Waals surface area contributed by atoms with E-state index in [1.54, 1.807) is 36.5 Å². The number of ether oxygens (including phenoxy) is 1. The van der Waals surface area contributed by atoms with E-state index in [-0.39, 0.29) is 17.9 Å². The van der Waals surface area contributed by atoms with Crippen molar-refractivity contribution >= 4 is 17.2 Å². The lowest BCUT2D eigenvalue weighted by Crippen LogP contribution is -2.18. The number of benzene rings is 2. The Hall–Kier alpha value is -4.14. The van der Waals surface area contributed by atoms with Crippen LogP contribution in [-0.4, -0.2) is 15.3 Å². The van der Waals surface area contributed by atoms with Crippen LogP contribution in [0.4, 0.5) is 18.9 Å². The fourth-order valence-corrected chi connectivity index (χ4v) is 3.12. The average Bonchev–Trinajstić information content (AvgIpc) is 2.77. The van der Waals surface area contributed by atoms with Gasteiger partial charge in [0.15, 0.2) is 0 Å². The molecule has 2 aromatic heterocycles. The topological polar surface area (TPSA) is 72.7 Å². The van der Waals surface area contributed by atoms with Crippen LogP contribution in [0, 0.1) is 0 Å². The van der Waals surface area contributed by atoms with Gasteiger partial charge in [0.2, 0.25) is 0 Å². The SMILES string of the molecule is O=C(Nc1cccc(OCc2cc(=O)n3ccccc3n2)c1)c1ccccc1C(F)(F)F. The highest BCUT2D eigenvalue weighted by atomic mass is 19.4. The molecule has 2 aromatic carbocycles. The number of anilines is 1. The van der Waals surface area contributed by atoms with Crippen molar-refractivity contribution in [3.8, 4) is 5.75 Å². The second-order valence-corrected chi connectivity index (χ2v) is 6.83. The molecule has 0 atom stereocenters. The molecule has 162 valence electrons. The molecule has 0 fully saturated rings. The summed E-state index contributed by atoms with van der Waals surface area (Å²) in [6, 6.07) is 17.3. The van der Waals surface area contributed by atoms with Crippen molar-refractivity contribution in [3.05, 3.63) is 106 Å². The molecule has 0 aliphatic rings. The number of alkyl halides is 3. The van der Waals surface area contributed by atoms with Gasteiger partial charge in [-0.1, -0.05) is 24.3 Å². The van der Waals surface area contributed by atoms with Crippen LogP contribution >= 0.6 is 0 Å². The molecule has 0 bridgehead atoms. The number of nitrogens with one attached hydrogen (secondary N) is 1. The molecular formula is C23H16F3N3O3. The van der Waals surface area contributed by atoms with Gasteiger partial charge in [-0.3, -0.25) is 14.0 Å². The third-order valence-corrected chi connectivity index (χ3v) is 4.58. The van der Waals surface area contributed by atoms with E-state index in [1.165, 1.54) is 34.7 Å². The molecular weight excluding hydrogens is 423 g/mol. The maximum Gasteiger partial charge on any atom is 0.417 e. The molecule has 4 rings (SSSR count). The van der Waals surface area contributed by atoms with E-state index in [9.17, 15) is 22.8 Å². The number of nitrogens with zero attached hydrogens (tertiary/aromatic N) is 2. The zero-order valence-corrected chi connectivity index (χ0v) is 16.5. The summed E-state index contributed by atoms with van der Waals surface area (Å²) >= 11 is 0. The monoisotopic (exact) mass is 439 g/mol. The fourth-order valence-electron chi connectivity index (χ4n) is 3.12. The molecule has 0 aliphatic carbocycles. The number of carbonyl (C=O) groups is 1. The summed E-state index contributed by atoms with van der Waals surface area (Å²) in [6.07, 6.45) is -3.04. The van der Waals surface area contributed by atoms with Crippen LogP contribution in [0.2, 0.25) is 0 Å². The average molecular weight is 439 g/mol. The van der Waals surface area contributed by atoms with Gasteiger partial charge in [-0.2, -0.15) is 13.2 Å². The zero-order chi connectivity index (χ0) is 22.7. The third kappa shape index (κ3) is 4.61. The Morgan fingerprint density at radius 3 is 2.59 bits per heavy atom. The van der Waals surface area contributed by atoms with Crippen LogP contribution in [0.25, 0.3) is 5.65 Å². The highest BCUT2D eigenvalue weighted by Gasteiger charge is 2.34. The van der Waals surface area contributed by atoms with Crippen LogP contribution in [0.5, 0.6) is 5.75 Å². The summed E-state index contributed by atoms with van der Waals surface area (Å²) in [5, 5.41) is 2.45. The van der Waals surface area contributed by atoms with Crippen LogP contribution < -0.4 is 15.6 Å². The molecule has 0 spiro atoms. The molecule has 0 radical (unpaired) electrons. The third-order valence-electron chi connectivity index (χ3n) is 4.58. The van der Waals surface area contributed by atoms with Gasteiger partial charge in [0.25, 0.3) is 11.5 Å². The van der Waals surface area contributed by atoms with Gasteiger partial charge in [0, 0.05) is 24.0 Å². The zero-order valence-electron chi connectivity index (χ0n) is 16.5. The van der Waals surface area contributed by atoms with Crippen molar-refractivity contribution in [1.82, 2.24) is 9.38 Å². The lowest BCUT2D eigenvalue weighted by molar-refractivity contribution is -0.137. The smallest absolute Gasteiger partial charge is 0.417 e. The lowest BCUT2D eigenvalue weighted by atomic mass is 10.1. The van der Waals surface area contributed by atoms with Crippen molar-refractivity contribution in [2.24, 2.45) is 0 Å². The molecule has 6 nitrogen and oxygen atoms in total. The largest absolute Gasteiger partial charge is 0.487 e. The predicted octanol–water partition coefficient (Wildman–Crippen LogP) is 4.54. The first-order valence-corrected chi connectivity index (χ1v) is 9.49. The summed E-state index contributed by atoms with van der Waals surface area (Å²) in [6.45, 7) is -0.00502. The molecule has 1 N–H and O–H groups in total. The van der Waals surface area contributed by atoms with E-state index in [0.717, 1.165) is 12.1 Å². The molecule has 9 heteroatoms. The minimum atomic E-state index is -4.65. The molecule has 0 unspecified atom stereocenters. The van der Waals surface area contributed by atoms with Crippen molar-refractivity contribution < 1.29 is 22.7 Å². The maximum absolute atomic E-state index is 13.2. The Labute approximate surface area is 179 Å². The van der Waals surface area contributed by atoms with Crippen molar-refractivity contribution in [2.75, 3.05) is 5.32 Å². The van der Waals surface area contributed by atoms with E-state index < -0.39 is 23.2 Å². The molecule has 0 aliphatic heterocycles. The van der Waals surface area contributed by atoms with Gasteiger partial charge in [0.1, 0.15) is 18.0 Å². The van der Waals surface area contributed by atoms with Crippen LogP contribution in [0.1, 0.15) is 21.6 Å². The Morgan fingerprint density at radius 1 is 1.00 bits per heavy atom. The van der Waals surface area contributed by atoms with Crippen LogP contribution in [0.15, 0.2) is 83.8 Å². The van der Waals surface area contributed by atoms with E-state index in [1.807, 2.05) is 0 Å². The number of aromatic nitrogens is 2. The quantitative estimate of drug-likeness (QED) is 0.496. The van der Waals surface area contributed by atoms with E-state index >= 15 is 0 Å². The minimum Gasteiger partial charge on any atom is -0.487 e. The molecule has 32 heavy (non-hydrogen) atoms. The molecule has 0 saturated carbocycles. The van der Waals surface area contributed by atoms with Gasteiger partial charge in [-0.15, -0.1) is 0 Å². The van der Waals surface area contributed by atoms with E-state index in [4.69, 9.17) is 4.74 Å². The van der Waals surface area contributed by atoms with Crippen LogP contribution in [-0.2, 0) is 12.8 Å².